The lowest BCUT2D eigenvalue weighted by atomic mass is 10.2. The lowest BCUT2D eigenvalue weighted by Crippen LogP contribution is -2.08. The number of nitrogens with one attached hydrogen (secondary N) is 1. The Morgan fingerprint density at radius 3 is 2.94 bits per heavy atom. The topological polar surface area (TPSA) is 47.3 Å². The zero-order chi connectivity index (χ0) is 11.5. The van der Waals surface area contributed by atoms with Crippen LogP contribution in [0.1, 0.15) is 13.8 Å². The molecule has 0 fully saturated rings. The Balaban J connectivity index is 2.30. The zero-order valence-electron chi connectivity index (χ0n) is 9.78. The van der Waals surface area contributed by atoms with Crippen molar-refractivity contribution in [3.05, 3.63) is 18.2 Å². The van der Waals surface area contributed by atoms with Gasteiger partial charge in [0.2, 0.25) is 0 Å². The van der Waals surface area contributed by atoms with Crippen molar-refractivity contribution in [2.24, 2.45) is 5.92 Å². The molecular weight excluding hydrogens is 204 g/mol. The van der Waals surface area contributed by atoms with Crippen LogP contribution in [0.2, 0.25) is 0 Å². The molecule has 0 saturated heterocycles. The molecular formula is C12H16N2O2. The molecule has 1 heterocycles. The molecule has 0 aliphatic heterocycles. The highest BCUT2D eigenvalue weighted by atomic mass is 16.5. The predicted molar refractivity (Wildman–Crippen MR) is 63.9 cm³/mol. The Morgan fingerprint density at radius 1 is 1.44 bits per heavy atom. The van der Waals surface area contributed by atoms with E-state index in [1.165, 1.54) is 0 Å². The minimum atomic E-state index is 0.567. The Hall–Kier alpha value is -1.71. The van der Waals surface area contributed by atoms with Gasteiger partial charge >= 0.3 is 0 Å². The van der Waals surface area contributed by atoms with Crippen molar-refractivity contribution in [3.8, 4) is 5.75 Å². The standard InChI is InChI=1S/C12H16N2O2/c1-8(2)7-13-12-10-6-9(15-3)4-5-11(10)16-14-12/h4-6,8H,7H2,1-3H3,(H,13,14). The molecule has 0 aliphatic carbocycles. The number of aromatic nitrogens is 1. The zero-order valence-corrected chi connectivity index (χ0v) is 9.78. The first-order chi connectivity index (χ1) is 7.70. The second kappa shape index (κ2) is 4.43. The molecule has 4 heteroatoms. The van der Waals surface area contributed by atoms with Gasteiger partial charge in [-0.2, -0.15) is 0 Å². The molecule has 4 nitrogen and oxygen atoms in total. The van der Waals surface area contributed by atoms with Crippen LogP contribution >= 0.6 is 0 Å². The van der Waals surface area contributed by atoms with E-state index in [-0.39, 0.29) is 0 Å². The van der Waals surface area contributed by atoms with Gasteiger partial charge in [0.15, 0.2) is 11.4 Å². The van der Waals surface area contributed by atoms with Crippen LogP contribution in [0.4, 0.5) is 5.82 Å². The smallest absolute Gasteiger partial charge is 0.177 e. The van der Waals surface area contributed by atoms with Gasteiger partial charge in [0.1, 0.15) is 5.75 Å². The number of rotatable bonds is 4. The Kier molecular flexibility index (Phi) is 2.99. The van der Waals surface area contributed by atoms with E-state index in [4.69, 9.17) is 9.26 Å². The summed E-state index contributed by atoms with van der Waals surface area (Å²) in [5.41, 5.74) is 0.770. The molecule has 1 aromatic heterocycles. The summed E-state index contributed by atoms with van der Waals surface area (Å²) in [6.45, 7) is 5.17. The van der Waals surface area contributed by atoms with Crippen molar-refractivity contribution in [1.82, 2.24) is 5.16 Å². The molecule has 0 radical (unpaired) electrons. The molecule has 0 spiro atoms. The van der Waals surface area contributed by atoms with E-state index in [0.29, 0.717) is 5.92 Å². The first-order valence-corrected chi connectivity index (χ1v) is 5.38. The van der Waals surface area contributed by atoms with Gasteiger partial charge in [-0.15, -0.1) is 0 Å². The SMILES string of the molecule is COc1ccc2onc(NCC(C)C)c2c1. The average Bonchev–Trinajstić information content (AvgIpc) is 2.68. The lowest BCUT2D eigenvalue weighted by Gasteiger charge is -2.05. The third-order valence-corrected chi connectivity index (χ3v) is 2.35. The molecule has 0 unspecified atom stereocenters. The number of nitrogens with zero attached hydrogens (tertiary/aromatic N) is 1. The van der Waals surface area contributed by atoms with Gasteiger partial charge in [-0.1, -0.05) is 19.0 Å². The largest absolute Gasteiger partial charge is 0.497 e. The molecule has 1 aromatic carbocycles. The van der Waals surface area contributed by atoms with Gasteiger partial charge in [-0.3, -0.25) is 0 Å². The monoisotopic (exact) mass is 220 g/mol. The second-order valence-electron chi connectivity index (χ2n) is 4.17. The van der Waals surface area contributed by atoms with Gasteiger partial charge < -0.3 is 14.6 Å². The highest BCUT2D eigenvalue weighted by molar-refractivity contribution is 5.89. The van der Waals surface area contributed by atoms with E-state index in [1.54, 1.807) is 7.11 Å². The maximum absolute atomic E-state index is 5.21. The van der Waals surface area contributed by atoms with Crippen LogP contribution in [-0.4, -0.2) is 18.8 Å². The second-order valence-corrected chi connectivity index (χ2v) is 4.17. The molecule has 2 rings (SSSR count). The summed E-state index contributed by atoms with van der Waals surface area (Å²) >= 11 is 0. The van der Waals surface area contributed by atoms with E-state index >= 15 is 0 Å². The first kappa shape index (κ1) is 10.8. The summed E-state index contributed by atoms with van der Waals surface area (Å²) in [4.78, 5) is 0. The number of methoxy groups -OCH3 is 1. The molecule has 16 heavy (non-hydrogen) atoms. The number of ether oxygens (including phenoxy) is 1. The van der Waals surface area contributed by atoms with Crippen LogP contribution in [0.25, 0.3) is 11.0 Å². The van der Waals surface area contributed by atoms with Crippen LogP contribution in [0.15, 0.2) is 22.7 Å². The average molecular weight is 220 g/mol. The summed E-state index contributed by atoms with van der Waals surface area (Å²) in [5, 5.41) is 8.22. The van der Waals surface area contributed by atoms with Crippen molar-refractivity contribution >= 4 is 16.8 Å². The Bertz CT molecular complexity index is 477. The third kappa shape index (κ3) is 2.10. The molecule has 2 aromatic rings. The highest BCUT2D eigenvalue weighted by Gasteiger charge is 2.08. The lowest BCUT2D eigenvalue weighted by molar-refractivity contribution is 0.415. The van der Waals surface area contributed by atoms with Crippen LogP contribution in [-0.2, 0) is 0 Å². The molecule has 0 bridgehead atoms. The van der Waals surface area contributed by atoms with E-state index in [1.807, 2.05) is 18.2 Å². The van der Waals surface area contributed by atoms with Gasteiger partial charge in [-0.25, -0.2) is 0 Å². The molecule has 0 saturated carbocycles. The summed E-state index contributed by atoms with van der Waals surface area (Å²) < 4.78 is 10.4. The van der Waals surface area contributed by atoms with Crippen molar-refractivity contribution in [2.75, 3.05) is 19.0 Å². The maximum atomic E-state index is 5.21. The normalized spacial score (nSPS) is 11.0. The van der Waals surface area contributed by atoms with Crippen molar-refractivity contribution in [2.45, 2.75) is 13.8 Å². The van der Waals surface area contributed by atoms with Crippen LogP contribution < -0.4 is 10.1 Å². The van der Waals surface area contributed by atoms with E-state index in [9.17, 15) is 0 Å². The Labute approximate surface area is 94.6 Å². The fourth-order valence-electron chi connectivity index (χ4n) is 1.47. The summed E-state index contributed by atoms with van der Waals surface area (Å²) in [6.07, 6.45) is 0. The van der Waals surface area contributed by atoms with E-state index in [0.717, 1.165) is 29.1 Å². The van der Waals surface area contributed by atoms with Gasteiger partial charge in [-0.05, 0) is 24.1 Å². The summed E-state index contributed by atoms with van der Waals surface area (Å²) in [6, 6.07) is 5.65. The molecule has 0 atom stereocenters. The number of hydrogen-bond donors (Lipinski definition) is 1. The minimum absolute atomic E-state index is 0.567. The van der Waals surface area contributed by atoms with Crippen molar-refractivity contribution < 1.29 is 9.26 Å². The number of benzene rings is 1. The van der Waals surface area contributed by atoms with E-state index < -0.39 is 0 Å². The number of hydrogen-bond acceptors (Lipinski definition) is 4. The highest BCUT2D eigenvalue weighted by Crippen LogP contribution is 2.26. The van der Waals surface area contributed by atoms with Crippen LogP contribution in [0.3, 0.4) is 0 Å². The van der Waals surface area contributed by atoms with Gasteiger partial charge in [0.05, 0.1) is 12.5 Å². The maximum Gasteiger partial charge on any atom is 0.177 e. The van der Waals surface area contributed by atoms with Crippen molar-refractivity contribution in [3.63, 3.8) is 0 Å². The fraction of sp³-hybridized carbons (Fsp3) is 0.417. The summed E-state index contributed by atoms with van der Waals surface area (Å²) in [7, 11) is 1.65. The minimum Gasteiger partial charge on any atom is -0.497 e. The number of fused-ring (bicyclic) bond motifs is 1. The molecule has 0 aliphatic rings. The Morgan fingerprint density at radius 2 is 2.25 bits per heavy atom. The van der Waals surface area contributed by atoms with Gasteiger partial charge in [0.25, 0.3) is 0 Å². The first-order valence-electron chi connectivity index (χ1n) is 5.38. The van der Waals surface area contributed by atoms with Crippen molar-refractivity contribution in [1.29, 1.82) is 0 Å². The quantitative estimate of drug-likeness (QED) is 0.860. The number of anilines is 1. The third-order valence-electron chi connectivity index (χ3n) is 2.35. The fourth-order valence-corrected chi connectivity index (χ4v) is 1.47. The van der Waals surface area contributed by atoms with Crippen LogP contribution in [0, 0.1) is 5.92 Å². The molecule has 1 N–H and O–H groups in total. The predicted octanol–water partition coefficient (Wildman–Crippen LogP) is 2.90. The van der Waals surface area contributed by atoms with Gasteiger partial charge in [0, 0.05) is 6.54 Å². The molecule has 86 valence electrons. The van der Waals surface area contributed by atoms with E-state index in [2.05, 4.69) is 24.3 Å². The van der Waals surface area contributed by atoms with Crippen LogP contribution in [0.5, 0.6) is 5.75 Å². The molecule has 0 amide bonds. The summed E-state index contributed by atoms with van der Waals surface area (Å²) in [5.74, 6) is 2.16.